The highest BCUT2D eigenvalue weighted by Crippen LogP contribution is 2.29. The molecule has 3 aromatic rings. The van der Waals surface area contributed by atoms with Crippen molar-refractivity contribution in [2.24, 2.45) is 0 Å². The van der Waals surface area contributed by atoms with Crippen molar-refractivity contribution in [3.8, 4) is 0 Å². The lowest BCUT2D eigenvalue weighted by Crippen LogP contribution is -2.46. The lowest BCUT2D eigenvalue weighted by atomic mass is 9.95. The summed E-state index contributed by atoms with van der Waals surface area (Å²) in [6.07, 6.45) is 3.70. The van der Waals surface area contributed by atoms with Gasteiger partial charge in [-0.3, -0.25) is 14.5 Å². The number of para-hydroxylation sites is 1. The molecule has 2 N–H and O–H groups in total. The van der Waals surface area contributed by atoms with Crippen molar-refractivity contribution in [1.29, 1.82) is 0 Å². The molecule has 0 aliphatic carbocycles. The zero-order valence-electron chi connectivity index (χ0n) is 19.7. The number of carbonyl (C=O) groups is 2. The summed E-state index contributed by atoms with van der Waals surface area (Å²) in [4.78, 5) is 27.2. The molecule has 0 bridgehead atoms. The zero-order valence-corrected chi connectivity index (χ0v) is 19.7. The van der Waals surface area contributed by atoms with Crippen molar-refractivity contribution in [2.75, 3.05) is 25.0 Å². The van der Waals surface area contributed by atoms with Gasteiger partial charge < -0.3 is 15.1 Å². The van der Waals surface area contributed by atoms with Gasteiger partial charge in [-0.25, -0.2) is 0 Å². The summed E-state index contributed by atoms with van der Waals surface area (Å²) in [5, 5.41) is 7.13. The second-order valence-corrected chi connectivity index (χ2v) is 9.33. The first-order chi connectivity index (χ1) is 15.9. The van der Waals surface area contributed by atoms with Crippen LogP contribution in [0.3, 0.4) is 0 Å². The van der Waals surface area contributed by atoms with Gasteiger partial charge >= 0.3 is 0 Å². The SMILES string of the molecule is Cc1cc2occ(CC(=O)NC3CCN(CC(=O)Nc4ccccc4)CC3)c2cc1C(C)C. The number of rotatable bonds is 7. The van der Waals surface area contributed by atoms with Crippen LogP contribution in [-0.4, -0.2) is 42.4 Å². The zero-order chi connectivity index (χ0) is 23.4. The van der Waals surface area contributed by atoms with Crippen LogP contribution in [0.2, 0.25) is 0 Å². The van der Waals surface area contributed by atoms with E-state index in [1.54, 1.807) is 6.26 Å². The first kappa shape index (κ1) is 23.1. The van der Waals surface area contributed by atoms with Gasteiger partial charge in [0.2, 0.25) is 11.8 Å². The first-order valence-corrected chi connectivity index (χ1v) is 11.8. The van der Waals surface area contributed by atoms with E-state index >= 15 is 0 Å². The van der Waals surface area contributed by atoms with Crippen molar-refractivity contribution >= 4 is 28.5 Å². The van der Waals surface area contributed by atoms with Gasteiger partial charge in [-0.2, -0.15) is 0 Å². The van der Waals surface area contributed by atoms with Gasteiger partial charge in [-0.05, 0) is 61.1 Å². The molecule has 1 fully saturated rings. The Hall–Kier alpha value is -3.12. The van der Waals surface area contributed by atoms with Gasteiger partial charge in [0, 0.05) is 35.8 Å². The molecule has 0 radical (unpaired) electrons. The van der Waals surface area contributed by atoms with Crippen LogP contribution < -0.4 is 10.6 Å². The Morgan fingerprint density at radius 3 is 2.52 bits per heavy atom. The molecule has 1 aliphatic heterocycles. The standard InChI is InChI=1S/C27H33N3O3/c1-18(2)23-15-24-20(17-33-25(24)13-19(23)3)14-26(31)28-22-9-11-30(12-10-22)16-27(32)29-21-7-5-4-6-8-21/h4-8,13,15,17-18,22H,9-12,14,16H2,1-3H3,(H,28,31)(H,29,32). The number of hydrogen-bond acceptors (Lipinski definition) is 4. The normalized spacial score (nSPS) is 15.2. The third-order valence-corrected chi connectivity index (χ3v) is 6.39. The number of furan rings is 1. The molecule has 0 unspecified atom stereocenters. The van der Waals surface area contributed by atoms with Gasteiger partial charge in [-0.15, -0.1) is 0 Å². The Labute approximate surface area is 195 Å². The Morgan fingerprint density at radius 2 is 1.82 bits per heavy atom. The molecular formula is C27H33N3O3. The number of nitrogens with zero attached hydrogens (tertiary/aromatic N) is 1. The minimum absolute atomic E-state index is 0.00785. The van der Waals surface area contributed by atoms with E-state index in [1.165, 1.54) is 11.1 Å². The predicted molar refractivity (Wildman–Crippen MR) is 131 cm³/mol. The van der Waals surface area contributed by atoms with Crippen LogP contribution in [0.1, 0.15) is 49.3 Å². The van der Waals surface area contributed by atoms with Gasteiger partial charge in [0.25, 0.3) is 0 Å². The number of piperidine rings is 1. The highest BCUT2D eigenvalue weighted by molar-refractivity contribution is 5.92. The topological polar surface area (TPSA) is 74.6 Å². The average molecular weight is 448 g/mol. The van der Waals surface area contributed by atoms with E-state index in [0.29, 0.717) is 18.9 Å². The molecule has 2 heterocycles. The van der Waals surface area contributed by atoms with Crippen LogP contribution >= 0.6 is 0 Å². The van der Waals surface area contributed by atoms with Crippen LogP contribution in [0.25, 0.3) is 11.0 Å². The summed E-state index contributed by atoms with van der Waals surface area (Å²) in [6.45, 7) is 8.41. The molecule has 2 amide bonds. The predicted octanol–water partition coefficient (Wildman–Crippen LogP) is 4.63. The van der Waals surface area contributed by atoms with Crippen LogP contribution in [0.15, 0.2) is 53.1 Å². The number of benzene rings is 2. The molecule has 4 rings (SSSR count). The minimum Gasteiger partial charge on any atom is -0.464 e. The lowest BCUT2D eigenvalue weighted by molar-refractivity contribution is -0.122. The number of likely N-dealkylation sites (tertiary alicyclic amines) is 1. The molecule has 33 heavy (non-hydrogen) atoms. The Balaban J connectivity index is 1.26. The van der Waals surface area contributed by atoms with Crippen molar-refractivity contribution in [3.05, 3.63) is 65.4 Å². The van der Waals surface area contributed by atoms with Crippen molar-refractivity contribution in [1.82, 2.24) is 10.2 Å². The van der Waals surface area contributed by atoms with E-state index in [9.17, 15) is 9.59 Å². The number of nitrogens with one attached hydrogen (secondary N) is 2. The maximum Gasteiger partial charge on any atom is 0.238 e. The second-order valence-electron chi connectivity index (χ2n) is 9.33. The summed E-state index contributed by atoms with van der Waals surface area (Å²) in [6, 6.07) is 13.9. The van der Waals surface area contributed by atoms with E-state index in [4.69, 9.17) is 4.42 Å². The molecular weight excluding hydrogens is 414 g/mol. The molecule has 1 saturated heterocycles. The molecule has 2 aromatic carbocycles. The Morgan fingerprint density at radius 1 is 1.09 bits per heavy atom. The molecule has 0 spiro atoms. The van der Waals surface area contributed by atoms with E-state index in [1.807, 2.05) is 30.3 Å². The maximum absolute atomic E-state index is 12.7. The van der Waals surface area contributed by atoms with Crippen LogP contribution in [0.5, 0.6) is 0 Å². The highest BCUT2D eigenvalue weighted by atomic mass is 16.3. The number of hydrogen-bond donors (Lipinski definition) is 2. The number of anilines is 1. The van der Waals surface area contributed by atoms with Crippen LogP contribution in [-0.2, 0) is 16.0 Å². The molecule has 1 aromatic heterocycles. The van der Waals surface area contributed by atoms with E-state index in [0.717, 1.165) is 48.2 Å². The minimum atomic E-state index is -0.00785. The molecule has 0 saturated carbocycles. The summed E-state index contributed by atoms with van der Waals surface area (Å²) in [5.74, 6) is 0.433. The summed E-state index contributed by atoms with van der Waals surface area (Å²) in [5.41, 5.74) is 5.08. The van der Waals surface area contributed by atoms with Gasteiger partial charge in [0.1, 0.15) is 5.58 Å². The number of carbonyl (C=O) groups excluding carboxylic acids is 2. The Bertz CT molecular complexity index is 1110. The van der Waals surface area contributed by atoms with Crippen LogP contribution in [0, 0.1) is 6.92 Å². The average Bonchev–Trinajstić information content (AvgIpc) is 3.16. The molecule has 1 aliphatic rings. The van der Waals surface area contributed by atoms with E-state index in [-0.39, 0.29) is 17.9 Å². The van der Waals surface area contributed by atoms with Gasteiger partial charge in [0.05, 0.1) is 19.2 Å². The Kier molecular flexibility index (Phi) is 7.14. The summed E-state index contributed by atoms with van der Waals surface area (Å²) in [7, 11) is 0. The molecule has 0 atom stereocenters. The number of fused-ring (bicyclic) bond motifs is 1. The van der Waals surface area contributed by atoms with Gasteiger partial charge in [-0.1, -0.05) is 32.0 Å². The summed E-state index contributed by atoms with van der Waals surface area (Å²) >= 11 is 0. The quantitative estimate of drug-likeness (QED) is 0.554. The molecule has 174 valence electrons. The van der Waals surface area contributed by atoms with Gasteiger partial charge in [0.15, 0.2) is 0 Å². The van der Waals surface area contributed by atoms with Crippen molar-refractivity contribution in [3.63, 3.8) is 0 Å². The van der Waals surface area contributed by atoms with E-state index in [2.05, 4.69) is 48.4 Å². The lowest BCUT2D eigenvalue weighted by Gasteiger charge is -2.31. The molecule has 6 heteroatoms. The summed E-state index contributed by atoms with van der Waals surface area (Å²) < 4.78 is 5.72. The highest BCUT2D eigenvalue weighted by Gasteiger charge is 2.23. The third-order valence-electron chi connectivity index (χ3n) is 6.39. The third kappa shape index (κ3) is 5.82. The fourth-order valence-corrected chi connectivity index (χ4v) is 4.62. The fraction of sp³-hybridized carbons (Fsp3) is 0.407. The maximum atomic E-state index is 12.7. The molecule has 6 nitrogen and oxygen atoms in total. The fourth-order valence-electron chi connectivity index (χ4n) is 4.62. The largest absolute Gasteiger partial charge is 0.464 e. The number of aryl methyl sites for hydroxylation is 1. The van der Waals surface area contributed by atoms with Crippen LogP contribution in [0.4, 0.5) is 5.69 Å². The van der Waals surface area contributed by atoms with Crippen molar-refractivity contribution < 1.29 is 14.0 Å². The van der Waals surface area contributed by atoms with Crippen molar-refractivity contribution in [2.45, 2.75) is 52.0 Å². The smallest absolute Gasteiger partial charge is 0.238 e. The monoisotopic (exact) mass is 447 g/mol. The second kappa shape index (κ2) is 10.2. The van der Waals surface area contributed by atoms with E-state index < -0.39 is 0 Å². The first-order valence-electron chi connectivity index (χ1n) is 11.8. The number of amides is 2.